The smallest absolute Gasteiger partial charge is 0.198 e. The second kappa shape index (κ2) is 5.58. The molecule has 0 aromatic carbocycles. The third kappa shape index (κ3) is 2.32. The molecule has 2 rings (SSSR count). The molecule has 4 heteroatoms. The minimum Gasteiger partial charge on any atom is -0.472 e. The molecule has 2 heterocycles. The number of hydrogen-bond acceptors (Lipinski definition) is 3. The van der Waals surface area contributed by atoms with Crippen LogP contribution in [0.15, 0.2) is 52.0 Å². The van der Waals surface area contributed by atoms with Gasteiger partial charge in [0, 0.05) is 29.8 Å². The lowest BCUT2D eigenvalue weighted by molar-refractivity contribution is 0.297. The summed E-state index contributed by atoms with van der Waals surface area (Å²) >= 11 is 0. The van der Waals surface area contributed by atoms with Gasteiger partial charge in [0.25, 0.3) is 0 Å². The van der Waals surface area contributed by atoms with Crippen LogP contribution in [0.2, 0.25) is 0 Å². The van der Waals surface area contributed by atoms with E-state index >= 15 is 0 Å². The summed E-state index contributed by atoms with van der Waals surface area (Å²) < 4.78 is 24.7. The highest BCUT2D eigenvalue weighted by molar-refractivity contribution is 5.80. The average molecular weight is 249 g/mol. The standard InChI is InChI=1S/C14H16FNO2/c1-3-16(4-2)14(15)13(11-5-7-17-9-11)12-6-8-18-10-12/h5-10H,3-4H2,1-2H3. The van der Waals surface area contributed by atoms with Crippen molar-refractivity contribution in [3.05, 3.63) is 54.3 Å². The molecule has 0 unspecified atom stereocenters. The number of nitrogens with zero attached hydrogens (tertiary/aromatic N) is 1. The Morgan fingerprint density at radius 3 is 1.89 bits per heavy atom. The Morgan fingerprint density at radius 1 is 1.06 bits per heavy atom. The van der Waals surface area contributed by atoms with Crippen molar-refractivity contribution < 1.29 is 13.2 Å². The Balaban J connectivity index is 2.52. The molecular formula is C14H16FNO2. The molecule has 0 saturated heterocycles. The lowest BCUT2D eigenvalue weighted by Gasteiger charge is -2.20. The maximum atomic E-state index is 14.6. The molecule has 0 atom stereocenters. The van der Waals surface area contributed by atoms with Crippen LogP contribution in [0, 0.1) is 0 Å². The van der Waals surface area contributed by atoms with Crippen molar-refractivity contribution in [3.63, 3.8) is 0 Å². The Hall–Kier alpha value is -1.97. The van der Waals surface area contributed by atoms with Crippen LogP contribution >= 0.6 is 0 Å². The fraction of sp³-hybridized carbons (Fsp3) is 0.286. The van der Waals surface area contributed by atoms with Crippen LogP contribution in [0.1, 0.15) is 25.0 Å². The van der Waals surface area contributed by atoms with E-state index in [1.165, 1.54) is 25.1 Å². The lowest BCUT2D eigenvalue weighted by Crippen LogP contribution is -2.21. The van der Waals surface area contributed by atoms with E-state index < -0.39 is 0 Å². The van der Waals surface area contributed by atoms with Crippen molar-refractivity contribution in [1.82, 2.24) is 4.90 Å². The van der Waals surface area contributed by atoms with Gasteiger partial charge in [-0.15, -0.1) is 0 Å². The van der Waals surface area contributed by atoms with Gasteiger partial charge in [-0.1, -0.05) is 0 Å². The zero-order valence-electron chi connectivity index (χ0n) is 10.5. The summed E-state index contributed by atoms with van der Waals surface area (Å²) in [7, 11) is 0. The predicted molar refractivity (Wildman–Crippen MR) is 67.5 cm³/mol. The molecule has 2 aromatic heterocycles. The largest absolute Gasteiger partial charge is 0.472 e. The van der Waals surface area contributed by atoms with E-state index in [2.05, 4.69) is 0 Å². The summed E-state index contributed by atoms with van der Waals surface area (Å²) in [5.74, 6) is -0.261. The summed E-state index contributed by atoms with van der Waals surface area (Å²) in [4.78, 5) is 1.66. The quantitative estimate of drug-likeness (QED) is 0.752. The van der Waals surface area contributed by atoms with Crippen LogP contribution in [-0.4, -0.2) is 18.0 Å². The first-order valence-electron chi connectivity index (χ1n) is 5.97. The molecule has 0 aliphatic heterocycles. The van der Waals surface area contributed by atoms with Gasteiger partial charge in [-0.3, -0.25) is 0 Å². The van der Waals surface area contributed by atoms with Crippen molar-refractivity contribution in [2.75, 3.05) is 13.1 Å². The molecule has 0 amide bonds. The molecule has 0 N–H and O–H groups in total. The molecular weight excluding hydrogens is 233 g/mol. The molecule has 0 aliphatic carbocycles. The molecule has 18 heavy (non-hydrogen) atoms. The molecule has 0 fully saturated rings. The first kappa shape index (κ1) is 12.5. The SMILES string of the molecule is CCN(CC)C(F)=C(c1ccoc1)c1ccoc1. The second-order valence-electron chi connectivity index (χ2n) is 3.86. The molecule has 0 aliphatic rings. The number of hydrogen-bond donors (Lipinski definition) is 0. The van der Waals surface area contributed by atoms with E-state index in [0.717, 1.165) is 0 Å². The lowest BCUT2D eigenvalue weighted by atomic mass is 10.0. The van der Waals surface area contributed by atoms with Gasteiger partial charge in [0.05, 0.1) is 25.1 Å². The highest BCUT2D eigenvalue weighted by Gasteiger charge is 2.17. The number of halogens is 1. The minimum atomic E-state index is -0.261. The monoisotopic (exact) mass is 249 g/mol. The van der Waals surface area contributed by atoms with Crippen molar-refractivity contribution in [2.24, 2.45) is 0 Å². The van der Waals surface area contributed by atoms with Gasteiger partial charge in [-0.25, -0.2) is 0 Å². The van der Waals surface area contributed by atoms with Gasteiger partial charge in [0.1, 0.15) is 0 Å². The number of rotatable bonds is 5. The Labute approximate surface area is 106 Å². The Morgan fingerprint density at radius 2 is 1.56 bits per heavy atom. The van der Waals surface area contributed by atoms with Crippen molar-refractivity contribution in [2.45, 2.75) is 13.8 Å². The van der Waals surface area contributed by atoms with Crippen LogP contribution < -0.4 is 0 Å². The summed E-state index contributed by atoms with van der Waals surface area (Å²) in [5, 5.41) is 0. The van der Waals surface area contributed by atoms with Gasteiger partial charge >= 0.3 is 0 Å². The summed E-state index contributed by atoms with van der Waals surface area (Å²) in [6.45, 7) is 5.07. The van der Waals surface area contributed by atoms with E-state index in [1.807, 2.05) is 13.8 Å². The highest BCUT2D eigenvalue weighted by Crippen LogP contribution is 2.30. The summed E-state index contributed by atoms with van der Waals surface area (Å²) in [6, 6.07) is 3.48. The zero-order valence-corrected chi connectivity index (χ0v) is 10.5. The third-order valence-electron chi connectivity index (χ3n) is 2.87. The third-order valence-corrected chi connectivity index (χ3v) is 2.87. The van der Waals surface area contributed by atoms with Gasteiger partial charge in [-0.05, 0) is 26.0 Å². The Kier molecular flexibility index (Phi) is 3.87. The minimum absolute atomic E-state index is 0.261. The van der Waals surface area contributed by atoms with Crippen LogP contribution in [0.25, 0.3) is 5.57 Å². The average Bonchev–Trinajstić information content (AvgIpc) is 3.04. The topological polar surface area (TPSA) is 29.5 Å². The normalized spacial score (nSPS) is 10.4. The molecule has 0 bridgehead atoms. The van der Waals surface area contributed by atoms with Gasteiger partial charge < -0.3 is 13.7 Å². The van der Waals surface area contributed by atoms with Gasteiger partial charge in [0.15, 0.2) is 5.95 Å². The molecule has 0 spiro atoms. The summed E-state index contributed by atoms with van der Waals surface area (Å²) in [6.07, 6.45) is 6.13. The summed E-state index contributed by atoms with van der Waals surface area (Å²) in [5.41, 5.74) is 1.92. The molecule has 3 nitrogen and oxygen atoms in total. The van der Waals surface area contributed by atoms with Crippen molar-refractivity contribution >= 4 is 5.57 Å². The molecule has 2 aromatic rings. The predicted octanol–water partition coefficient (Wildman–Crippen LogP) is 3.90. The second-order valence-corrected chi connectivity index (χ2v) is 3.86. The van der Waals surface area contributed by atoms with E-state index in [4.69, 9.17) is 8.83 Å². The highest BCUT2D eigenvalue weighted by atomic mass is 19.1. The molecule has 96 valence electrons. The van der Waals surface area contributed by atoms with Gasteiger partial charge in [-0.2, -0.15) is 4.39 Å². The molecule has 0 radical (unpaired) electrons. The fourth-order valence-corrected chi connectivity index (χ4v) is 1.88. The van der Waals surface area contributed by atoms with Crippen LogP contribution in [0.5, 0.6) is 0 Å². The van der Waals surface area contributed by atoms with Crippen LogP contribution in [-0.2, 0) is 0 Å². The first-order valence-corrected chi connectivity index (χ1v) is 5.97. The maximum Gasteiger partial charge on any atom is 0.198 e. The number of furan rings is 2. The van der Waals surface area contributed by atoms with E-state index in [9.17, 15) is 4.39 Å². The zero-order chi connectivity index (χ0) is 13.0. The van der Waals surface area contributed by atoms with Crippen LogP contribution in [0.4, 0.5) is 4.39 Å². The van der Waals surface area contributed by atoms with Crippen LogP contribution in [0.3, 0.4) is 0 Å². The van der Waals surface area contributed by atoms with E-state index in [1.54, 1.807) is 17.0 Å². The molecule has 0 saturated carbocycles. The van der Waals surface area contributed by atoms with E-state index in [0.29, 0.717) is 29.8 Å². The fourth-order valence-electron chi connectivity index (χ4n) is 1.88. The first-order chi connectivity index (χ1) is 8.77. The van der Waals surface area contributed by atoms with E-state index in [-0.39, 0.29) is 5.95 Å². The maximum absolute atomic E-state index is 14.6. The van der Waals surface area contributed by atoms with Crippen molar-refractivity contribution in [1.29, 1.82) is 0 Å². The van der Waals surface area contributed by atoms with Crippen molar-refractivity contribution in [3.8, 4) is 0 Å². The Bertz CT molecular complexity index is 460. The van der Waals surface area contributed by atoms with Gasteiger partial charge in [0.2, 0.25) is 0 Å².